The predicted molar refractivity (Wildman–Crippen MR) is 470 cm³/mol. The monoisotopic (exact) mass is 1800 g/mol. The first kappa shape index (κ1) is 94.9. The number of rotatable bonds is 9. The molecule has 0 spiro atoms. The number of benzene rings is 3. The molecular weight excluding hydrogens is 1720 g/mol. The molecule has 0 N–H and O–H groups in total. The summed E-state index contributed by atoms with van der Waals surface area (Å²) in [5, 5.41) is 0. The summed E-state index contributed by atoms with van der Waals surface area (Å²) in [5.41, 5.74) is 35.4. The third kappa shape index (κ3) is 22.4. The van der Waals surface area contributed by atoms with Gasteiger partial charge in [0.05, 0.1) is 22.8 Å². The van der Waals surface area contributed by atoms with Crippen molar-refractivity contribution >= 4 is 79.8 Å². The fourth-order valence-corrected chi connectivity index (χ4v) is 14.9. The Balaban J connectivity index is 0.000000420. The van der Waals surface area contributed by atoms with Crippen molar-refractivity contribution in [2.75, 3.05) is 0 Å². The van der Waals surface area contributed by atoms with Crippen LogP contribution in [0, 0.1) is 126 Å². The number of nitrogens with zero attached hydrogens (tertiary/aromatic N) is 4. The van der Waals surface area contributed by atoms with Crippen LogP contribution >= 0.6 is 0 Å². The molecule has 3 aromatic heterocycles. The average Bonchev–Trinajstić information content (AvgIpc) is 1.54. The van der Waals surface area contributed by atoms with Crippen molar-refractivity contribution in [1.29, 1.82) is 0 Å². The van der Waals surface area contributed by atoms with Crippen LogP contribution in [0.3, 0.4) is 0 Å². The third-order valence-electron chi connectivity index (χ3n) is 20.3. The van der Waals surface area contributed by atoms with E-state index in [1.165, 1.54) is 100 Å². The number of allylic oxidation sites excluding steroid dienone is 48. The molecule has 3 aromatic carbocycles. The maximum atomic E-state index is 5.89. The van der Waals surface area contributed by atoms with Gasteiger partial charge in [0, 0.05) is 179 Å². The number of fused-ring (bicyclic) bond motifs is 8. The molecule has 8 bridgehead atoms. The summed E-state index contributed by atoms with van der Waals surface area (Å²) < 4.78 is 0. The quantitative estimate of drug-likeness (QED) is 0.135. The topological polar surface area (TPSA) is 54.0 Å². The molecule has 0 amide bonds. The summed E-state index contributed by atoms with van der Waals surface area (Å²) >= 11 is 0. The number of hydrogen-bond donors (Lipinski definition) is 0. The molecule has 12 aliphatic carbocycles. The first-order valence-electron chi connectivity index (χ1n) is 37.4. The van der Waals surface area contributed by atoms with Crippen molar-refractivity contribution in [3.63, 3.8) is 0 Å². The smallest absolute Gasteiger partial charge is 0.657 e. The van der Waals surface area contributed by atoms with Crippen LogP contribution in [-0.2, 0) is 122 Å². The summed E-state index contributed by atoms with van der Waals surface area (Å²) in [6, 6.07) is 15.9. The predicted octanol–water partition coefficient (Wildman–Crippen LogP) is 25.9. The SMILES string of the molecule is Cc1c(C2=CC=C[CH]2)cc(C2=C[CH]C=C2)c(C)c1-c1c2nc(c(-c3c(C)c(C4=CC=C[CH]4)cc(C4=C[CH]C=C4)c3C)c3ccc([n-]3)c(-c3c(C)c(C4=CC=C[CH]4)cc(C4=C[CH]C=C4)c3C)c3nc(c(C)c4ccc1[n-]4)C=C3)C=C2.[CH]1C=CC=C1.[CH]1C=CC=C1.[CH]1C=CC=C1.[CH]1C=CC=C1.[CH]1C=CC=C1.[CH]1C=CC=C1.[Fe].[Fe].[Fe].[Fe].[Fe].[Fe].[Zn+2]. The van der Waals surface area contributed by atoms with Crippen molar-refractivity contribution in [3.8, 4) is 33.4 Å². The fourth-order valence-electron chi connectivity index (χ4n) is 14.9. The Labute approximate surface area is 765 Å². The summed E-state index contributed by atoms with van der Waals surface area (Å²) in [4.78, 5) is 23.0. The Hall–Kier alpha value is -8.24. The molecule has 4 nitrogen and oxygen atoms in total. The van der Waals surface area contributed by atoms with Gasteiger partial charge in [0.15, 0.2) is 0 Å². The largest absolute Gasteiger partial charge is 2.00 e. The molecule has 2 aliphatic heterocycles. The Morgan fingerprint density at radius 2 is 0.431 bits per heavy atom. The number of aromatic nitrogens is 4. The molecule has 576 valence electrons. The molecule has 0 atom stereocenters. The van der Waals surface area contributed by atoms with Crippen molar-refractivity contribution in [2.45, 2.75) is 48.5 Å². The first-order valence-corrected chi connectivity index (χ1v) is 37.4. The summed E-state index contributed by atoms with van der Waals surface area (Å²) in [5.74, 6) is 0. The van der Waals surface area contributed by atoms with Crippen LogP contribution in [-0.4, -0.2) is 9.97 Å². The molecule has 12 radical (unpaired) electrons. The van der Waals surface area contributed by atoms with Gasteiger partial charge in [-0.3, -0.25) is 0 Å². The van der Waals surface area contributed by atoms with Crippen molar-refractivity contribution < 1.29 is 122 Å². The van der Waals surface area contributed by atoms with Gasteiger partial charge in [0.25, 0.3) is 0 Å². The van der Waals surface area contributed by atoms with E-state index in [2.05, 4.69) is 263 Å². The second-order valence-electron chi connectivity index (χ2n) is 27.2. The Kier molecular flexibility index (Phi) is 38.3. The van der Waals surface area contributed by atoms with E-state index in [1.54, 1.807) is 0 Å². The molecule has 11 heteroatoms. The minimum Gasteiger partial charge on any atom is -0.657 e. The van der Waals surface area contributed by atoms with Gasteiger partial charge in [-0.1, -0.05) is 279 Å². The second kappa shape index (κ2) is 46.8. The van der Waals surface area contributed by atoms with Crippen LogP contribution in [0.5, 0.6) is 0 Å². The molecule has 5 heterocycles. The van der Waals surface area contributed by atoms with Crippen LogP contribution in [0.2, 0.25) is 0 Å². The molecule has 0 saturated carbocycles. The van der Waals surface area contributed by atoms with E-state index >= 15 is 0 Å². The van der Waals surface area contributed by atoms with Crippen molar-refractivity contribution in [3.05, 3.63) is 470 Å². The normalized spacial score (nSPS) is 15.8. The second-order valence-corrected chi connectivity index (χ2v) is 27.2. The molecule has 0 unspecified atom stereocenters. The fraction of sp³-hybridized carbons (Fsp3) is 0.0667. The molecule has 116 heavy (non-hydrogen) atoms. The van der Waals surface area contributed by atoms with Crippen LogP contribution < -0.4 is 9.97 Å². The number of aryl methyl sites for hydroxylation is 1. The van der Waals surface area contributed by atoms with Gasteiger partial charge in [0.2, 0.25) is 0 Å². The van der Waals surface area contributed by atoms with Crippen molar-refractivity contribution in [2.24, 2.45) is 0 Å². The molecule has 0 fully saturated rings. The van der Waals surface area contributed by atoms with Gasteiger partial charge in [-0.25, -0.2) is 9.97 Å². The number of hydrogen-bond acceptors (Lipinski definition) is 2. The Morgan fingerprint density at radius 1 is 0.198 bits per heavy atom. The Bertz CT molecular complexity index is 5330. The minimum atomic E-state index is 0. The van der Waals surface area contributed by atoms with Crippen LogP contribution in [0.1, 0.15) is 95.1 Å². The van der Waals surface area contributed by atoms with Gasteiger partial charge >= 0.3 is 19.5 Å². The summed E-state index contributed by atoms with van der Waals surface area (Å²) in [6.07, 6.45) is 121. The first-order chi connectivity index (χ1) is 53.6. The van der Waals surface area contributed by atoms with E-state index in [0.717, 1.165) is 83.8 Å². The van der Waals surface area contributed by atoms with Gasteiger partial charge in [-0.2, -0.15) is 0 Å². The van der Waals surface area contributed by atoms with Gasteiger partial charge in [-0.05, 0) is 230 Å². The van der Waals surface area contributed by atoms with Crippen LogP contribution in [0.25, 0.3) is 113 Å². The maximum absolute atomic E-state index is 5.89. The Morgan fingerprint density at radius 3 is 0.655 bits per heavy atom. The zero-order chi connectivity index (χ0) is 74.8. The van der Waals surface area contributed by atoms with E-state index in [-0.39, 0.29) is 122 Å². The zero-order valence-corrected chi connectivity index (χ0v) is 75.2. The van der Waals surface area contributed by atoms with E-state index in [1.807, 2.05) is 184 Å². The van der Waals surface area contributed by atoms with Gasteiger partial charge < -0.3 is 9.97 Å². The van der Waals surface area contributed by atoms with E-state index < -0.39 is 0 Å². The molecular formula is C105H86Fe6N4Zn. The third-order valence-corrected chi connectivity index (χ3v) is 20.3. The van der Waals surface area contributed by atoms with Crippen LogP contribution in [0.4, 0.5) is 0 Å². The summed E-state index contributed by atoms with van der Waals surface area (Å²) in [7, 11) is 0. The molecule has 6 aromatic rings. The van der Waals surface area contributed by atoms with Crippen LogP contribution in [0.15, 0.2) is 298 Å². The van der Waals surface area contributed by atoms with Gasteiger partial charge in [0.1, 0.15) is 0 Å². The van der Waals surface area contributed by atoms with E-state index in [9.17, 15) is 0 Å². The molecule has 20 rings (SSSR count). The summed E-state index contributed by atoms with van der Waals surface area (Å²) in [6.45, 7) is 15.8. The standard InChI is InChI=1S/C75H56N4.6C5H5.6Fe.Zn/c1-43-56(50-20-8-9-21-50)40-57(51-22-10-11-23-51)44(2)70(43)73-64-34-32-62(76-64)49(7)63-33-35-65(77-63)74(71-45(3)58(52-24-12-13-25-52)41-59(46(71)4)53-26-14-15-27-53)67-37-39-69(79-67)75(68-38-36-66(73)78-68)72-47(5)60(54-28-16-17-29-54)42-61(48(72)6)55-30-18-19-31-55;6*1-2-4-5-3-1;;;;;;;/h8-42H,1-7H3;6*1-5H;;;;;;;/q-2;;;;;;;;;;;;;+2. The molecule has 14 aliphatic rings. The van der Waals surface area contributed by atoms with E-state index in [0.29, 0.717) is 0 Å². The maximum Gasteiger partial charge on any atom is 2.00 e. The molecule has 0 saturated heterocycles. The van der Waals surface area contributed by atoms with Crippen molar-refractivity contribution in [1.82, 2.24) is 19.9 Å². The van der Waals surface area contributed by atoms with Gasteiger partial charge in [-0.15, -0.1) is 22.1 Å². The minimum absolute atomic E-state index is 0. The average molecular weight is 1800 g/mol. The zero-order valence-electron chi connectivity index (χ0n) is 65.6. The van der Waals surface area contributed by atoms with E-state index in [4.69, 9.17) is 19.9 Å².